The summed E-state index contributed by atoms with van der Waals surface area (Å²) < 4.78 is 10.6. The smallest absolute Gasteiger partial charge is 0.410 e. The molecule has 1 aromatic carbocycles. The van der Waals surface area contributed by atoms with E-state index in [0.717, 1.165) is 47.7 Å². The molecule has 4 rings (SSSR count). The number of ether oxygens (including phenoxy) is 2. The number of amides is 1. The van der Waals surface area contributed by atoms with Crippen LogP contribution in [0.25, 0.3) is 0 Å². The monoisotopic (exact) mass is 494 g/mol. The summed E-state index contributed by atoms with van der Waals surface area (Å²) in [6.45, 7) is 11.9. The first-order valence-electron chi connectivity index (χ1n) is 12.9. The van der Waals surface area contributed by atoms with Gasteiger partial charge in [-0.1, -0.05) is 12.1 Å². The van der Waals surface area contributed by atoms with Crippen LogP contribution < -0.4 is 10.2 Å². The number of esters is 1. The second-order valence-corrected chi connectivity index (χ2v) is 10.6. The Kier molecular flexibility index (Phi) is 7.71. The molecule has 8 nitrogen and oxygen atoms in total. The quantitative estimate of drug-likeness (QED) is 0.574. The van der Waals surface area contributed by atoms with E-state index >= 15 is 0 Å². The van der Waals surface area contributed by atoms with Gasteiger partial charge in [-0.3, -0.25) is 4.79 Å². The van der Waals surface area contributed by atoms with Gasteiger partial charge in [0.25, 0.3) is 0 Å². The number of benzene rings is 1. The van der Waals surface area contributed by atoms with Crippen molar-refractivity contribution in [3.63, 3.8) is 0 Å². The molecule has 1 aromatic heterocycles. The predicted molar refractivity (Wildman–Crippen MR) is 141 cm³/mol. The van der Waals surface area contributed by atoms with Crippen molar-refractivity contribution in [2.24, 2.45) is 0 Å². The summed E-state index contributed by atoms with van der Waals surface area (Å²) in [6.07, 6.45) is 3.10. The van der Waals surface area contributed by atoms with E-state index in [-0.39, 0.29) is 24.5 Å². The Morgan fingerprint density at radius 2 is 1.89 bits per heavy atom. The number of nitrogens with zero attached hydrogens (tertiary/aromatic N) is 3. The van der Waals surface area contributed by atoms with Crippen molar-refractivity contribution >= 4 is 29.3 Å². The molecule has 194 valence electrons. The number of rotatable bonds is 6. The number of pyridine rings is 1. The third-order valence-corrected chi connectivity index (χ3v) is 6.50. The third kappa shape index (κ3) is 6.28. The number of aromatic nitrogens is 1. The number of carbonyl (C=O) groups is 2. The Balaban J connectivity index is 1.47. The molecule has 2 heterocycles. The van der Waals surface area contributed by atoms with Crippen molar-refractivity contribution in [2.45, 2.75) is 71.9 Å². The number of aryl methyl sites for hydroxylation is 1. The zero-order chi connectivity index (χ0) is 25.9. The second kappa shape index (κ2) is 10.8. The van der Waals surface area contributed by atoms with E-state index in [1.807, 2.05) is 56.9 Å². The van der Waals surface area contributed by atoms with E-state index in [9.17, 15) is 9.59 Å². The largest absolute Gasteiger partial charge is 0.466 e. The van der Waals surface area contributed by atoms with Crippen LogP contribution in [-0.4, -0.2) is 59.8 Å². The number of fused-ring (bicyclic) bond motifs is 1. The summed E-state index contributed by atoms with van der Waals surface area (Å²) in [6, 6.07) is 10.1. The van der Waals surface area contributed by atoms with Crippen molar-refractivity contribution in [3.05, 3.63) is 47.2 Å². The van der Waals surface area contributed by atoms with Crippen LogP contribution in [0, 0.1) is 0 Å². The van der Waals surface area contributed by atoms with Gasteiger partial charge in [-0.05, 0) is 77.1 Å². The van der Waals surface area contributed by atoms with Gasteiger partial charge in [0.15, 0.2) is 0 Å². The minimum Gasteiger partial charge on any atom is -0.466 e. The minimum atomic E-state index is -0.507. The number of anilines is 3. The third-order valence-electron chi connectivity index (χ3n) is 6.50. The molecule has 1 unspecified atom stereocenters. The van der Waals surface area contributed by atoms with Crippen molar-refractivity contribution in [1.82, 2.24) is 9.88 Å². The van der Waals surface area contributed by atoms with Crippen LogP contribution in [0.4, 0.5) is 22.0 Å². The molecule has 0 spiro atoms. The lowest BCUT2D eigenvalue weighted by molar-refractivity contribution is -0.142. The van der Waals surface area contributed by atoms with Crippen LogP contribution in [0.15, 0.2) is 30.3 Å². The molecule has 1 aliphatic heterocycles. The molecule has 1 aliphatic carbocycles. The maximum atomic E-state index is 12.6. The van der Waals surface area contributed by atoms with Gasteiger partial charge in [0, 0.05) is 48.8 Å². The molecular weight excluding hydrogens is 456 g/mol. The number of hydrogen-bond acceptors (Lipinski definition) is 7. The van der Waals surface area contributed by atoms with Crippen LogP contribution >= 0.6 is 0 Å². The molecule has 1 fully saturated rings. The lowest BCUT2D eigenvalue weighted by Crippen LogP contribution is -2.55. The summed E-state index contributed by atoms with van der Waals surface area (Å²) >= 11 is 0. The topological polar surface area (TPSA) is 84.0 Å². The highest BCUT2D eigenvalue weighted by Crippen LogP contribution is 2.34. The summed E-state index contributed by atoms with van der Waals surface area (Å²) in [5.74, 6) is 0.726. The Hall–Kier alpha value is -3.29. The summed E-state index contributed by atoms with van der Waals surface area (Å²) in [7, 11) is 0. The van der Waals surface area contributed by atoms with E-state index in [1.165, 1.54) is 5.56 Å². The first kappa shape index (κ1) is 25.8. The fourth-order valence-electron chi connectivity index (χ4n) is 4.80. The molecule has 36 heavy (non-hydrogen) atoms. The Morgan fingerprint density at radius 3 is 2.56 bits per heavy atom. The van der Waals surface area contributed by atoms with Crippen LogP contribution in [-0.2, 0) is 33.5 Å². The van der Waals surface area contributed by atoms with Gasteiger partial charge in [-0.25, -0.2) is 9.78 Å². The highest BCUT2D eigenvalue weighted by atomic mass is 16.6. The SMILES string of the molecule is CCOC(=O)Cc1ccc(Nc2cc(N3CCN(C(=O)OC(C)(C)C)C(C)C3)nc3c2CCC3)cc1. The van der Waals surface area contributed by atoms with Crippen molar-refractivity contribution in [2.75, 3.05) is 36.5 Å². The van der Waals surface area contributed by atoms with Gasteiger partial charge in [0.1, 0.15) is 11.4 Å². The molecule has 1 atom stereocenters. The molecule has 0 radical (unpaired) electrons. The van der Waals surface area contributed by atoms with Crippen molar-refractivity contribution in [1.29, 1.82) is 0 Å². The number of nitrogens with one attached hydrogen (secondary N) is 1. The first-order chi connectivity index (χ1) is 17.1. The van der Waals surface area contributed by atoms with Gasteiger partial charge in [-0.2, -0.15) is 0 Å². The molecular formula is C28H38N4O4. The molecule has 2 aromatic rings. The Morgan fingerprint density at radius 1 is 1.14 bits per heavy atom. The highest BCUT2D eigenvalue weighted by Gasteiger charge is 2.32. The predicted octanol–water partition coefficient (Wildman–Crippen LogP) is 4.87. The zero-order valence-electron chi connectivity index (χ0n) is 22.1. The summed E-state index contributed by atoms with van der Waals surface area (Å²) in [5, 5.41) is 3.59. The standard InChI is InChI=1S/C28H38N4O4/c1-6-35-26(33)16-20-10-12-21(13-11-20)29-24-17-25(30-23-9-7-8-22(23)24)31-14-15-32(19(2)18-31)27(34)36-28(3,4)5/h10-13,17,19H,6-9,14-16,18H2,1-5H3,(H,29,30). The van der Waals surface area contributed by atoms with E-state index in [2.05, 4.69) is 23.2 Å². The Labute approximate surface area is 214 Å². The summed E-state index contributed by atoms with van der Waals surface area (Å²) in [5.41, 5.74) is 4.89. The van der Waals surface area contributed by atoms with Crippen molar-refractivity contribution in [3.8, 4) is 0 Å². The lowest BCUT2D eigenvalue weighted by atomic mass is 10.1. The second-order valence-electron chi connectivity index (χ2n) is 10.6. The fraction of sp³-hybridized carbons (Fsp3) is 0.536. The average molecular weight is 495 g/mol. The first-order valence-corrected chi connectivity index (χ1v) is 12.9. The lowest BCUT2D eigenvalue weighted by Gasteiger charge is -2.41. The van der Waals surface area contributed by atoms with Crippen LogP contribution in [0.1, 0.15) is 57.9 Å². The van der Waals surface area contributed by atoms with Gasteiger partial charge < -0.3 is 24.6 Å². The van der Waals surface area contributed by atoms with Gasteiger partial charge in [-0.15, -0.1) is 0 Å². The molecule has 0 bridgehead atoms. The molecule has 1 N–H and O–H groups in total. The van der Waals surface area contributed by atoms with Crippen LogP contribution in [0.5, 0.6) is 0 Å². The maximum absolute atomic E-state index is 12.6. The van der Waals surface area contributed by atoms with E-state index in [0.29, 0.717) is 26.2 Å². The number of hydrogen-bond donors (Lipinski definition) is 1. The summed E-state index contributed by atoms with van der Waals surface area (Å²) in [4.78, 5) is 33.5. The zero-order valence-corrected chi connectivity index (χ0v) is 22.1. The van der Waals surface area contributed by atoms with E-state index < -0.39 is 5.60 Å². The molecule has 0 saturated carbocycles. The van der Waals surface area contributed by atoms with Gasteiger partial charge in [0.05, 0.1) is 13.0 Å². The van der Waals surface area contributed by atoms with E-state index in [4.69, 9.17) is 14.5 Å². The fourth-order valence-corrected chi connectivity index (χ4v) is 4.80. The van der Waals surface area contributed by atoms with Crippen LogP contribution in [0.3, 0.4) is 0 Å². The maximum Gasteiger partial charge on any atom is 0.410 e. The Bertz CT molecular complexity index is 1090. The van der Waals surface area contributed by atoms with E-state index in [1.54, 1.807) is 0 Å². The number of carbonyl (C=O) groups excluding carboxylic acids is 2. The van der Waals surface area contributed by atoms with Crippen LogP contribution in [0.2, 0.25) is 0 Å². The minimum absolute atomic E-state index is 0.0204. The van der Waals surface area contributed by atoms with Crippen molar-refractivity contribution < 1.29 is 19.1 Å². The molecule has 2 aliphatic rings. The number of piperazine rings is 1. The van der Waals surface area contributed by atoms with Gasteiger partial charge in [0.2, 0.25) is 0 Å². The molecule has 8 heteroatoms. The highest BCUT2D eigenvalue weighted by molar-refractivity contribution is 5.74. The van der Waals surface area contributed by atoms with Gasteiger partial charge >= 0.3 is 12.1 Å². The normalized spacial score (nSPS) is 17.5. The molecule has 1 amide bonds. The average Bonchev–Trinajstić information content (AvgIpc) is 3.28. The molecule has 1 saturated heterocycles.